The molecule has 0 amide bonds. The Balaban J connectivity index is 1.60. The lowest BCUT2D eigenvalue weighted by atomic mass is 10.1. The van der Waals surface area contributed by atoms with Gasteiger partial charge in [0.15, 0.2) is 11.6 Å². The minimum atomic E-state index is 0.244. The molecule has 1 fully saturated rings. The molecule has 0 bridgehead atoms. The summed E-state index contributed by atoms with van der Waals surface area (Å²) < 4.78 is 5.60. The van der Waals surface area contributed by atoms with Crippen molar-refractivity contribution in [1.82, 2.24) is 9.97 Å². The smallest absolute Gasteiger partial charge is 0.155 e. The van der Waals surface area contributed by atoms with Gasteiger partial charge in [-0.2, -0.15) is 0 Å². The van der Waals surface area contributed by atoms with Gasteiger partial charge in [0.05, 0.1) is 6.10 Å². The molecule has 2 aromatic rings. The topological polar surface area (TPSA) is 85.1 Å². The van der Waals surface area contributed by atoms with Gasteiger partial charge in [-0.05, 0) is 25.3 Å². The van der Waals surface area contributed by atoms with Gasteiger partial charge in [0.2, 0.25) is 0 Å². The number of nitrogens with zero attached hydrogens (tertiary/aromatic N) is 2. The first kappa shape index (κ1) is 15.6. The quantitative estimate of drug-likeness (QED) is 0.760. The average molecular weight is 313 g/mol. The van der Waals surface area contributed by atoms with E-state index in [4.69, 9.17) is 10.5 Å². The number of nitrogens with two attached hydrogens (primary N) is 1. The third-order valence-electron chi connectivity index (χ3n) is 3.99. The highest BCUT2D eigenvalue weighted by atomic mass is 16.5. The molecule has 4 N–H and O–H groups in total. The molecule has 23 heavy (non-hydrogen) atoms. The van der Waals surface area contributed by atoms with Crippen LogP contribution in [0.15, 0.2) is 30.6 Å². The van der Waals surface area contributed by atoms with Crippen LogP contribution in [0.5, 0.6) is 0 Å². The Morgan fingerprint density at radius 2 is 1.91 bits per heavy atom. The van der Waals surface area contributed by atoms with Crippen LogP contribution in [0.4, 0.5) is 17.3 Å². The average Bonchev–Trinajstić information content (AvgIpc) is 3.08. The Morgan fingerprint density at radius 1 is 1.17 bits per heavy atom. The molecule has 6 heteroatoms. The van der Waals surface area contributed by atoms with E-state index in [0.717, 1.165) is 26.0 Å². The van der Waals surface area contributed by atoms with Crippen molar-refractivity contribution in [2.75, 3.05) is 29.5 Å². The molecule has 6 nitrogen and oxygen atoms in total. The second kappa shape index (κ2) is 7.28. The molecule has 1 aromatic carbocycles. The molecule has 122 valence electrons. The van der Waals surface area contributed by atoms with Crippen LogP contribution >= 0.6 is 0 Å². The maximum absolute atomic E-state index is 6.17. The van der Waals surface area contributed by atoms with Crippen molar-refractivity contribution in [3.8, 4) is 0 Å². The molecule has 1 aromatic heterocycles. The van der Waals surface area contributed by atoms with Gasteiger partial charge < -0.3 is 21.1 Å². The molecule has 0 radical (unpaired) electrons. The second-order valence-electron chi connectivity index (χ2n) is 5.84. The van der Waals surface area contributed by atoms with E-state index >= 15 is 0 Å². The molecule has 1 atom stereocenters. The van der Waals surface area contributed by atoms with Crippen LogP contribution in [0.2, 0.25) is 0 Å². The fraction of sp³-hybridized carbons (Fsp3) is 0.412. The highest BCUT2D eigenvalue weighted by Crippen LogP contribution is 2.23. The maximum Gasteiger partial charge on any atom is 0.155 e. The number of anilines is 3. The van der Waals surface area contributed by atoms with Gasteiger partial charge in [0.25, 0.3) is 0 Å². The first-order chi connectivity index (χ1) is 11.2. The highest BCUT2D eigenvalue weighted by Gasteiger charge is 2.16. The summed E-state index contributed by atoms with van der Waals surface area (Å²) in [7, 11) is 0. The molecule has 1 aliphatic rings. The number of nitrogens with one attached hydrogen (secondary N) is 2. The number of hydrogen-bond acceptors (Lipinski definition) is 6. The summed E-state index contributed by atoms with van der Waals surface area (Å²) in [5, 5.41) is 6.53. The van der Waals surface area contributed by atoms with E-state index in [1.165, 1.54) is 17.5 Å². The maximum atomic E-state index is 6.17. The highest BCUT2D eigenvalue weighted by molar-refractivity contribution is 5.74. The zero-order valence-electron chi connectivity index (χ0n) is 13.4. The monoisotopic (exact) mass is 313 g/mol. The van der Waals surface area contributed by atoms with Gasteiger partial charge in [-0.1, -0.05) is 29.8 Å². The van der Waals surface area contributed by atoms with Crippen molar-refractivity contribution in [2.45, 2.75) is 32.4 Å². The van der Waals surface area contributed by atoms with Crippen LogP contribution in [0.3, 0.4) is 0 Å². The molecule has 1 saturated heterocycles. The molecule has 0 saturated carbocycles. The Hall–Kier alpha value is -2.34. The van der Waals surface area contributed by atoms with Crippen molar-refractivity contribution >= 4 is 17.3 Å². The number of hydrogen-bond donors (Lipinski definition) is 3. The Morgan fingerprint density at radius 3 is 2.61 bits per heavy atom. The largest absolute Gasteiger partial charge is 0.393 e. The van der Waals surface area contributed by atoms with Gasteiger partial charge in [-0.25, -0.2) is 9.97 Å². The summed E-state index contributed by atoms with van der Waals surface area (Å²) in [6.07, 6.45) is 3.96. The summed E-state index contributed by atoms with van der Waals surface area (Å²) in [5.74, 6) is 1.30. The van der Waals surface area contributed by atoms with Gasteiger partial charge in [-0.3, -0.25) is 0 Å². The number of rotatable bonds is 6. The van der Waals surface area contributed by atoms with Crippen LogP contribution in [0.25, 0.3) is 0 Å². The van der Waals surface area contributed by atoms with E-state index < -0.39 is 0 Å². The number of nitrogen functional groups attached to an aromatic ring is 1. The lowest BCUT2D eigenvalue weighted by Gasteiger charge is -2.15. The third kappa shape index (κ3) is 4.10. The zero-order chi connectivity index (χ0) is 16.1. The van der Waals surface area contributed by atoms with Crippen molar-refractivity contribution in [3.63, 3.8) is 0 Å². The van der Waals surface area contributed by atoms with Crippen molar-refractivity contribution in [1.29, 1.82) is 0 Å². The summed E-state index contributed by atoms with van der Waals surface area (Å²) in [6.45, 7) is 4.31. The molecule has 0 aliphatic carbocycles. The lowest BCUT2D eigenvalue weighted by molar-refractivity contribution is 0.120. The summed E-state index contributed by atoms with van der Waals surface area (Å²) >= 11 is 0. The van der Waals surface area contributed by atoms with E-state index in [2.05, 4.69) is 51.8 Å². The SMILES string of the molecule is Cc1ccc(CNc2ncnc(NCC3CCCO3)c2N)cc1. The summed E-state index contributed by atoms with van der Waals surface area (Å²) in [4.78, 5) is 8.46. The van der Waals surface area contributed by atoms with E-state index in [1.54, 1.807) is 0 Å². The summed E-state index contributed by atoms with van der Waals surface area (Å²) in [6, 6.07) is 8.37. The van der Waals surface area contributed by atoms with E-state index in [-0.39, 0.29) is 6.10 Å². The predicted molar refractivity (Wildman–Crippen MR) is 92.4 cm³/mol. The standard InChI is InChI=1S/C17H23N5O/c1-12-4-6-13(7-5-12)9-19-16-15(18)17(22-11-21-16)20-10-14-3-2-8-23-14/h4-7,11,14H,2-3,8-10,18H2,1H3,(H2,19,20,21,22). The molecule has 2 heterocycles. The Bertz CT molecular complexity index is 638. The summed E-state index contributed by atoms with van der Waals surface area (Å²) in [5.41, 5.74) is 9.13. The van der Waals surface area contributed by atoms with Crippen LogP contribution < -0.4 is 16.4 Å². The van der Waals surface area contributed by atoms with E-state index in [1.807, 2.05) is 0 Å². The molecular formula is C17H23N5O. The fourth-order valence-electron chi connectivity index (χ4n) is 2.58. The molecule has 1 unspecified atom stereocenters. The van der Waals surface area contributed by atoms with Crippen molar-refractivity contribution < 1.29 is 4.74 Å². The van der Waals surface area contributed by atoms with Crippen molar-refractivity contribution in [2.24, 2.45) is 0 Å². The first-order valence-corrected chi connectivity index (χ1v) is 7.98. The normalized spacial score (nSPS) is 17.2. The minimum absolute atomic E-state index is 0.244. The van der Waals surface area contributed by atoms with Crippen LogP contribution in [0.1, 0.15) is 24.0 Å². The first-order valence-electron chi connectivity index (χ1n) is 7.98. The fourth-order valence-corrected chi connectivity index (χ4v) is 2.58. The van der Waals surface area contributed by atoms with Crippen LogP contribution in [-0.4, -0.2) is 29.2 Å². The van der Waals surface area contributed by atoms with Gasteiger partial charge in [-0.15, -0.1) is 0 Å². The third-order valence-corrected chi connectivity index (χ3v) is 3.99. The number of aryl methyl sites for hydroxylation is 1. The Labute approximate surface area is 136 Å². The van der Waals surface area contributed by atoms with E-state index in [9.17, 15) is 0 Å². The molecule has 0 spiro atoms. The minimum Gasteiger partial charge on any atom is -0.393 e. The van der Waals surface area contributed by atoms with Gasteiger partial charge in [0.1, 0.15) is 12.0 Å². The van der Waals surface area contributed by atoms with Gasteiger partial charge >= 0.3 is 0 Å². The number of aromatic nitrogens is 2. The number of ether oxygens (including phenoxy) is 1. The molecule has 3 rings (SSSR count). The lowest BCUT2D eigenvalue weighted by Crippen LogP contribution is -2.20. The van der Waals surface area contributed by atoms with Crippen LogP contribution in [0, 0.1) is 6.92 Å². The zero-order valence-corrected chi connectivity index (χ0v) is 13.4. The molecule has 1 aliphatic heterocycles. The predicted octanol–water partition coefficient (Wildman–Crippen LogP) is 2.57. The van der Waals surface area contributed by atoms with Crippen LogP contribution in [-0.2, 0) is 11.3 Å². The van der Waals surface area contributed by atoms with Crippen molar-refractivity contribution in [3.05, 3.63) is 41.7 Å². The molecular weight excluding hydrogens is 290 g/mol. The van der Waals surface area contributed by atoms with E-state index in [0.29, 0.717) is 23.9 Å². The Kier molecular flexibility index (Phi) is 4.92. The number of benzene rings is 1. The van der Waals surface area contributed by atoms with Gasteiger partial charge in [0, 0.05) is 19.7 Å². The second-order valence-corrected chi connectivity index (χ2v) is 5.84.